The Balaban J connectivity index is 1.89. The molecule has 2 unspecified atom stereocenters. The van der Waals surface area contributed by atoms with Crippen molar-refractivity contribution in [2.24, 2.45) is 5.92 Å². The second-order valence-electron chi connectivity index (χ2n) is 10.8. The van der Waals surface area contributed by atoms with E-state index in [1.165, 1.54) is 5.57 Å². The molecule has 2 fully saturated rings. The Kier molecular flexibility index (Phi) is 11.5. The lowest BCUT2D eigenvalue weighted by Gasteiger charge is -2.28. The lowest BCUT2D eigenvalue weighted by molar-refractivity contribution is -0.136. The highest BCUT2D eigenvalue weighted by Gasteiger charge is 2.27. The van der Waals surface area contributed by atoms with Gasteiger partial charge in [-0.15, -0.1) is 11.5 Å². The Morgan fingerprint density at radius 1 is 1.26 bits per heavy atom. The number of nitrogens with one attached hydrogen (secondary N) is 1. The van der Waals surface area contributed by atoms with Crippen molar-refractivity contribution in [3.05, 3.63) is 35.5 Å². The van der Waals surface area contributed by atoms with Crippen molar-refractivity contribution in [2.45, 2.75) is 91.1 Å². The van der Waals surface area contributed by atoms with E-state index in [-0.39, 0.29) is 24.0 Å². The number of allylic oxidation sites excluding steroid dienone is 3. The molecule has 2 rings (SSSR count). The van der Waals surface area contributed by atoms with E-state index in [2.05, 4.69) is 67.0 Å². The zero-order valence-corrected chi connectivity index (χ0v) is 23.0. The Morgan fingerprint density at radius 2 is 2.03 bits per heavy atom. The topological polar surface area (TPSA) is 58.6 Å². The monoisotopic (exact) mass is 484 g/mol. The summed E-state index contributed by atoms with van der Waals surface area (Å²) < 4.78 is 6.29. The normalized spacial score (nSPS) is 22.6. The Morgan fingerprint density at radius 3 is 2.71 bits per heavy atom. The van der Waals surface area contributed by atoms with Crippen LogP contribution in [0, 0.1) is 17.4 Å². The Labute approximate surface area is 208 Å². The summed E-state index contributed by atoms with van der Waals surface area (Å²) in [6.45, 7) is 17.5. The summed E-state index contributed by atoms with van der Waals surface area (Å²) in [7, 11) is -1.29. The summed E-state index contributed by atoms with van der Waals surface area (Å²) in [5, 5.41) is 2.47. The van der Waals surface area contributed by atoms with Gasteiger partial charge in [-0.1, -0.05) is 49.5 Å². The van der Waals surface area contributed by atoms with E-state index in [9.17, 15) is 9.59 Å². The molecule has 6 heteroatoms. The van der Waals surface area contributed by atoms with Crippen LogP contribution in [0.3, 0.4) is 0 Å². The number of likely N-dealkylation sites (tertiary alicyclic amines) is 1. The lowest BCUT2D eigenvalue weighted by Crippen LogP contribution is -2.41. The lowest BCUT2D eigenvalue weighted by atomic mass is 9.90. The maximum Gasteiger partial charge on any atom is 0.229 e. The molecule has 0 spiro atoms. The number of hydrogen-bond acceptors (Lipinski definition) is 4. The first-order valence-corrected chi connectivity index (χ1v) is 16.2. The molecule has 2 aliphatic rings. The highest BCUT2D eigenvalue weighted by atomic mass is 28.3. The second-order valence-corrected chi connectivity index (χ2v) is 15.5. The van der Waals surface area contributed by atoms with Gasteiger partial charge < -0.3 is 4.74 Å². The number of carbonyl (C=O) groups is 2. The SMILES string of the molecule is C=C(C)C/C=C(\COC(C)N1CCC/C(=C/CC#C[Si](C)(C)C)CC1)CC1CCC(=O)NC1=O. The summed E-state index contributed by atoms with van der Waals surface area (Å²) in [6.07, 6.45) is 11.1. The van der Waals surface area contributed by atoms with Crippen molar-refractivity contribution >= 4 is 19.9 Å². The highest BCUT2D eigenvalue weighted by Crippen LogP contribution is 2.23. The maximum atomic E-state index is 12.2. The van der Waals surface area contributed by atoms with Gasteiger partial charge in [0.05, 0.1) is 6.61 Å². The number of nitrogens with zero attached hydrogens (tertiary/aromatic N) is 1. The molecule has 0 saturated carbocycles. The first kappa shape index (κ1) is 28.3. The molecule has 1 N–H and O–H groups in total. The quantitative estimate of drug-likeness (QED) is 0.207. The van der Waals surface area contributed by atoms with Gasteiger partial charge in [0, 0.05) is 31.8 Å². The van der Waals surface area contributed by atoms with E-state index < -0.39 is 8.07 Å². The zero-order chi connectivity index (χ0) is 25.1. The number of hydrogen-bond donors (Lipinski definition) is 1. The predicted octanol–water partition coefficient (Wildman–Crippen LogP) is 5.37. The van der Waals surface area contributed by atoms with Crippen molar-refractivity contribution in [1.29, 1.82) is 0 Å². The molecular formula is C28H44N2O3Si. The molecule has 2 atom stereocenters. The molecule has 34 heavy (non-hydrogen) atoms. The fourth-order valence-electron chi connectivity index (χ4n) is 4.21. The standard InChI is InChI=1S/C28H44N2O3Si/c1-22(2)12-13-25(20-26-14-15-27(31)29-28(26)32)21-33-23(3)30-17-9-11-24(16-18-30)10-7-8-19-34(4,5)6/h10,13,23,26H,1,7,9,11-12,14-18,20-21H2,2-6H3,(H,29,31,32)/b24-10-,25-13-. The second kappa shape index (κ2) is 13.8. The zero-order valence-electron chi connectivity index (χ0n) is 22.0. The van der Waals surface area contributed by atoms with Gasteiger partial charge in [0.25, 0.3) is 0 Å². The Hall–Kier alpha value is -1.94. The predicted molar refractivity (Wildman–Crippen MR) is 143 cm³/mol. The Bertz CT molecular complexity index is 857. The molecule has 2 amide bonds. The first-order chi connectivity index (χ1) is 16.0. The molecular weight excluding hydrogens is 440 g/mol. The third-order valence-corrected chi connectivity index (χ3v) is 7.17. The van der Waals surface area contributed by atoms with Crippen LogP contribution in [0.25, 0.3) is 0 Å². The van der Waals surface area contributed by atoms with Crippen molar-refractivity contribution in [1.82, 2.24) is 10.2 Å². The van der Waals surface area contributed by atoms with E-state index in [1.54, 1.807) is 0 Å². The van der Waals surface area contributed by atoms with Gasteiger partial charge in [0.2, 0.25) is 11.8 Å². The van der Waals surface area contributed by atoms with Crippen LogP contribution in [-0.2, 0) is 14.3 Å². The molecule has 0 bridgehead atoms. The average molecular weight is 485 g/mol. The van der Waals surface area contributed by atoms with Gasteiger partial charge in [-0.05, 0) is 57.9 Å². The third-order valence-electron chi connectivity index (χ3n) is 6.24. The molecule has 188 valence electrons. The van der Waals surface area contributed by atoms with E-state index in [4.69, 9.17) is 4.74 Å². The molecule has 0 aromatic carbocycles. The van der Waals surface area contributed by atoms with Crippen LogP contribution < -0.4 is 5.32 Å². The molecule has 2 aliphatic heterocycles. The van der Waals surface area contributed by atoms with Crippen LogP contribution in [0.15, 0.2) is 35.5 Å². The van der Waals surface area contributed by atoms with Crippen molar-refractivity contribution < 1.29 is 14.3 Å². The number of amides is 2. The molecule has 0 aliphatic carbocycles. The third kappa shape index (κ3) is 11.0. The summed E-state index contributed by atoms with van der Waals surface area (Å²) in [4.78, 5) is 26.1. The minimum Gasteiger partial charge on any atom is -0.359 e. The summed E-state index contributed by atoms with van der Waals surface area (Å²) in [6, 6.07) is 0. The molecule has 0 aromatic rings. The first-order valence-electron chi connectivity index (χ1n) is 12.7. The molecule has 0 aromatic heterocycles. The van der Waals surface area contributed by atoms with Gasteiger partial charge in [0.1, 0.15) is 14.3 Å². The van der Waals surface area contributed by atoms with Crippen LogP contribution in [0.5, 0.6) is 0 Å². The molecule has 2 saturated heterocycles. The van der Waals surface area contributed by atoms with Gasteiger partial charge in [0.15, 0.2) is 0 Å². The average Bonchev–Trinajstić information content (AvgIpc) is 2.99. The van der Waals surface area contributed by atoms with Crippen LogP contribution in [0.2, 0.25) is 19.6 Å². The number of ether oxygens (including phenoxy) is 1. The van der Waals surface area contributed by atoms with Crippen LogP contribution >= 0.6 is 0 Å². The largest absolute Gasteiger partial charge is 0.359 e. The van der Waals surface area contributed by atoms with Crippen LogP contribution in [0.1, 0.15) is 65.2 Å². The fourth-order valence-corrected chi connectivity index (χ4v) is 4.85. The number of carbonyl (C=O) groups excluding carboxylic acids is 2. The van der Waals surface area contributed by atoms with Gasteiger partial charge >= 0.3 is 0 Å². The summed E-state index contributed by atoms with van der Waals surface area (Å²) in [5.41, 5.74) is 7.15. The highest BCUT2D eigenvalue weighted by molar-refractivity contribution is 6.83. The maximum absolute atomic E-state index is 12.2. The smallest absolute Gasteiger partial charge is 0.229 e. The number of piperidine rings is 1. The number of rotatable bonds is 9. The van der Waals surface area contributed by atoms with Gasteiger partial charge in [-0.25, -0.2) is 0 Å². The van der Waals surface area contributed by atoms with E-state index in [0.717, 1.165) is 56.3 Å². The van der Waals surface area contributed by atoms with Crippen molar-refractivity contribution in [2.75, 3.05) is 19.7 Å². The van der Waals surface area contributed by atoms with Crippen LogP contribution in [-0.4, -0.2) is 50.7 Å². The van der Waals surface area contributed by atoms with Gasteiger partial charge in [-0.2, -0.15) is 0 Å². The van der Waals surface area contributed by atoms with E-state index in [0.29, 0.717) is 25.9 Å². The summed E-state index contributed by atoms with van der Waals surface area (Å²) in [5.74, 6) is 2.86. The van der Waals surface area contributed by atoms with E-state index in [1.807, 2.05) is 6.92 Å². The van der Waals surface area contributed by atoms with Crippen LogP contribution in [0.4, 0.5) is 0 Å². The van der Waals surface area contributed by atoms with Crippen molar-refractivity contribution in [3.63, 3.8) is 0 Å². The molecule has 5 nitrogen and oxygen atoms in total. The van der Waals surface area contributed by atoms with E-state index >= 15 is 0 Å². The minimum atomic E-state index is -1.29. The molecule has 0 radical (unpaired) electrons. The van der Waals surface area contributed by atoms with Gasteiger partial charge in [-0.3, -0.25) is 19.8 Å². The fraction of sp³-hybridized carbons (Fsp3) is 0.643. The van der Waals surface area contributed by atoms with Crippen molar-refractivity contribution in [3.8, 4) is 11.5 Å². The molecule has 2 heterocycles. The minimum absolute atomic E-state index is 0.0148. The number of imide groups is 1. The summed E-state index contributed by atoms with van der Waals surface area (Å²) >= 11 is 0.